The smallest absolute Gasteiger partial charge is 0.343 e. The standard InChI is InChI=1S/C58H53ClF3N9O7S/c1-5-33-35-16-32(10-13-43(35)65-48-38(33)24-70-44(48)18-40-39(54(70)73)25-76-55(74)58(40,75)6-2)78-28(4)27(3)53(72)71-30-8-9-31(71)23-68(22-30)52-36-17-41(59)46(34-11-12-42(61)50-45(34)37(20-63)51(64)79-50)47(62)49(36)66-56(67-52)77-26-57-14-7-15-69(57)21-29(60)19-57/h10-13,16-18,28-31,75H,3,5-9,14-15,19,21-26,64H2,1-2,4H3/p+1/t28?,29-,30?,31?,57+,58+/m1/s1. The van der Waals surface area contributed by atoms with Gasteiger partial charge in [0.15, 0.2) is 11.4 Å². The molecule has 4 saturated heterocycles. The number of thiophene rings is 1. The molecule has 6 aliphatic rings. The molecule has 2 bridgehead atoms. The van der Waals surface area contributed by atoms with Crippen molar-refractivity contribution in [2.45, 2.75) is 114 Å². The highest BCUT2D eigenvalue weighted by molar-refractivity contribution is 7.23. The number of pyridine rings is 2. The first-order chi connectivity index (χ1) is 37.9. The first-order valence-electron chi connectivity index (χ1n) is 26.7. The van der Waals surface area contributed by atoms with E-state index in [4.69, 9.17) is 36.5 Å². The molecule has 79 heavy (non-hydrogen) atoms. The number of benzene rings is 3. The van der Waals surface area contributed by atoms with Crippen LogP contribution in [0.5, 0.6) is 11.8 Å². The van der Waals surface area contributed by atoms with Gasteiger partial charge in [-0.05, 0) is 93.5 Å². The van der Waals surface area contributed by atoms with E-state index in [1.165, 1.54) is 12.1 Å². The molecule has 1 amide bonds. The number of aliphatic hydroxyl groups is 1. The average Bonchev–Trinajstić information content (AvgIpc) is 4.30. The van der Waals surface area contributed by atoms with E-state index in [1.54, 1.807) is 36.6 Å². The van der Waals surface area contributed by atoms with Crippen LogP contribution in [0.15, 0.2) is 59.4 Å². The van der Waals surface area contributed by atoms with Crippen molar-refractivity contribution in [2.24, 2.45) is 0 Å². The lowest BCUT2D eigenvalue weighted by Crippen LogP contribution is -2.57. The molecular formula is C58H54ClF3N9O7S+. The second kappa shape index (κ2) is 18.6. The number of anilines is 2. The van der Waals surface area contributed by atoms with E-state index in [1.807, 2.05) is 34.9 Å². The minimum atomic E-state index is -1.93. The summed E-state index contributed by atoms with van der Waals surface area (Å²) in [4.78, 5) is 60.4. The number of cyclic esters (lactones) is 1. The van der Waals surface area contributed by atoms with Gasteiger partial charge in [0.1, 0.15) is 65.2 Å². The predicted octanol–water partition coefficient (Wildman–Crippen LogP) is 8.43. The van der Waals surface area contributed by atoms with E-state index >= 15 is 8.78 Å². The van der Waals surface area contributed by atoms with Crippen molar-refractivity contribution in [2.75, 3.05) is 43.4 Å². The number of carbonyl (C=O) groups is 2. The number of fused-ring (bicyclic) bond motifs is 10. The highest BCUT2D eigenvalue weighted by Crippen LogP contribution is 2.48. The first kappa shape index (κ1) is 51.1. The predicted molar refractivity (Wildman–Crippen MR) is 291 cm³/mol. The third kappa shape index (κ3) is 7.73. The van der Waals surface area contributed by atoms with E-state index in [0.29, 0.717) is 62.6 Å². The van der Waals surface area contributed by atoms with Gasteiger partial charge in [-0.25, -0.2) is 22.9 Å². The Bertz CT molecular complexity index is 3950. The zero-order valence-electron chi connectivity index (χ0n) is 43.5. The number of ether oxygens (including phenoxy) is 3. The third-order valence-electron chi connectivity index (χ3n) is 17.6. The van der Waals surface area contributed by atoms with Crippen LogP contribution in [0.3, 0.4) is 0 Å². The molecule has 0 radical (unpaired) electrons. The number of esters is 1. The molecule has 21 heteroatoms. The van der Waals surface area contributed by atoms with Crippen LogP contribution in [0.2, 0.25) is 5.02 Å². The topological polar surface area (TPSA) is 204 Å². The van der Waals surface area contributed by atoms with Gasteiger partial charge in [-0.3, -0.25) is 19.1 Å². The average molecular weight is 1110 g/mol. The molecule has 0 aliphatic carbocycles. The van der Waals surface area contributed by atoms with Crippen LogP contribution < -0.4 is 30.7 Å². The van der Waals surface area contributed by atoms with E-state index in [2.05, 4.69) is 21.4 Å². The fraction of sp³-hybridized carbons (Fsp3) is 0.397. The van der Waals surface area contributed by atoms with Crippen LogP contribution >= 0.6 is 22.9 Å². The van der Waals surface area contributed by atoms with Gasteiger partial charge in [0.25, 0.3) is 11.5 Å². The van der Waals surface area contributed by atoms with Crippen molar-refractivity contribution < 1.29 is 47.1 Å². The summed E-state index contributed by atoms with van der Waals surface area (Å²) in [5, 5.41) is 22.8. The number of nitriles is 1. The maximum Gasteiger partial charge on any atom is 0.343 e. The summed E-state index contributed by atoms with van der Waals surface area (Å²) in [5.41, 5.74) is 8.06. The molecule has 0 saturated carbocycles. The Balaban J connectivity index is 0.782. The number of alkyl halides is 1. The number of halogens is 4. The molecule has 406 valence electrons. The molecule has 10 heterocycles. The summed E-state index contributed by atoms with van der Waals surface area (Å²) in [6, 6.07) is 12.8. The lowest BCUT2D eigenvalue weighted by molar-refractivity contribution is -0.331. The van der Waals surface area contributed by atoms with Crippen LogP contribution in [0.25, 0.3) is 54.4 Å². The Morgan fingerprint density at radius 1 is 1.10 bits per heavy atom. The van der Waals surface area contributed by atoms with E-state index < -0.39 is 41.0 Å². The van der Waals surface area contributed by atoms with Gasteiger partial charge in [-0.15, -0.1) is 11.3 Å². The highest BCUT2D eigenvalue weighted by atomic mass is 35.5. The van der Waals surface area contributed by atoms with Gasteiger partial charge in [0.05, 0.1) is 50.4 Å². The fourth-order valence-corrected chi connectivity index (χ4v) is 14.8. The van der Waals surface area contributed by atoms with Gasteiger partial charge in [0.2, 0.25) is 11.2 Å². The van der Waals surface area contributed by atoms with Crippen LogP contribution in [0.1, 0.15) is 87.1 Å². The number of piperazine rings is 1. The van der Waals surface area contributed by atoms with Crippen LogP contribution in [-0.2, 0) is 39.5 Å². The molecule has 3 aromatic carbocycles. The normalized spacial score (nSPS) is 23.4. The maximum absolute atomic E-state index is 17.6. The maximum atomic E-state index is 17.6. The number of rotatable bonds is 11. The fourth-order valence-electron chi connectivity index (χ4n) is 13.6. The Morgan fingerprint density at radius 2 is 1.89 bits per heavy atom. The number of hydrogen-bond donors (Lipinski definition) is 2. The monoisotopic (exact) mass is 1110 g/mol. The van der Waals surface area contributed by atoms with Gasteiger partial charge in [-0.2, -0.15) is 15.2 Å². The number of amides is 1. The largest absolute Gasteiger partial charge is 0.486 e. The van der Waals surface area contributed by atoms with Gasteiger partial charge in [0, 0.05) is 65.2 Å². The summed E-state index contributed by atoms with van der Waals surface area (Å²) < 4.78 is 67.6. The number of nitrogens with two attached hydrogens (primary N) is 1. The lowest BCUT2D eigenvalue weighted by Gasteiger charge is -2.42. The summed E-state index contributed by atoms with van der Waals surface area (Å²) in [6.45, 7) is 11.6. The molecule has 4 aromatic heterocycles. The third-order valence-corrected chi connectivity index (χ3v) is 18.9. The van der Waals surface area contributed by atoms with E-state index in [-0.39, 0.29) is 120 Å². The number of nitrogen functional groups attached to an aromatic ring is 1. The molecule has 3 unspecified atom stereocenters. The highest BCUT2D eigenvalue weighted by Gasteiger charge is 2.51. The number of aromatic amines is 1. The summed E-state index contributed by atoms with van der Waals surface area (Å²) >= 11 is 7.93. The molecule has 0 spiro atoms. The zero-order valence-corrected chi connectivity index (χ0v) is 45.1. The van der Waals surface area contributed by atoms with Crippen LogP contribution in [0.4, 0.5) is 24.0 Å². The summed E-state index contributed by atoms with van der Waals surface area (Å²) in [7, 11) is 0. The minimum absolute atomic E-state index is 0.00534. The molecular weight excluding hydrogens is 1060 g/mol. The summed E-state index contributed by atoms with van der Waals surface area (Å²) in [5.74, 6) is -1.66. The first-order valence-corrected chi connectivity index (χ1v) is 27.9. The molecule has 7 aromatic rings. The zero-order chi connectivity index (χ0) is 55.1. The molecule has 13 rings (SSSR count). The minimum Gasteiger partial charge on any atom is -0.486 e. The van der Waals surface area contributed by atoms with Crippen molar-refractivity contribution in [1.29, 1.82) is 5.26 Å². The van der Waals surface area contributed by atoms with Crippen LogP contribution in [0, 0.1) is 23.0 Å². The Hall–Kier alpha value is -7.31. The molecule has 6 aliphatic heterocycles. The van der Waals surface area contributed by atoms with Gasteiger partial charge < -0.3 is 34.9 Å². The molecule has 6 atom stereocenters. The molecule has 4 fully saturated rings. The summed E-state index contributed by atoms with van der Waals surface area (Å²) in [6.07, 6.45) is 2.15. The van der Waals surface area contributed by atoms with E-state index in [0.717, 1.165) is 58.4 Å². The molecule has 16 nitrogen and oxygen atoms in total. The quantitative estimate of drug-likeness (QED) is 0.0924. The lowest BCUT2D eigenvalue weighted by atomic mass is 9.86. The van der Waals surface area contributed by atoms with E-state index in [9.17, 15) is 29.1 Å². The Labute approximate surface area is 459 Å². The number of aromatic nitrogens is 4. The number of hydrogen-bond acceptors (Lipinski definition) is 14. The van der Waals surface area contributed by atoms with Gasteiger partial charge >= 0.3 is 12.0 Å². The van der Waals surface area contributed by atoms with Crippen LogP contribution in [-0.4, -0.2) is 104 Å². The number of nitrogens with one attached hydrogen (secondary N) is 1. The second-order valence-corrected chi connectivity index (χ2v) is 23.3. The number of H-pyrrole nitrogens is 1. The van der Waals surface area contributed by atoms with Crippen molar-refractivity contribution in [3.63, 3.8) is 0 Å². The van der Waals surface area contributed by atoms with Gasteiger partial charge in [-0.1, -0.05) is 38.1 Å². The Kier molecular flexibility index (Phi) is 12.1. The SMILES string of the molecule is C=C(C(=O)N1C2CCC1CN(c1nc(OC[C@@]34CCCN3C[C@H](F)C4)nc3c(F)c(-c4ccc(F)c5sc(N)c(C#N)c45)c(Cl)cc13)C2)C(C)Oc1ccc2[nH+]c3c(c(CC)c2c1)Cn1c-3cc2c(c1=O)COC(=O)[C@]2(O)CC. The second-order valence-electron chi connectivity index (χ2n) is 21.8. The Morgan fingerprint density at radius 3 is 2.63 bits per heavy atom. The molecule has 4 N–H and O–H groups in total. The number of nitrogens with zero attached hydrogens (tertiary/aromatic N) is 7. The van der Waals surface area contributed by atoms with Crippen molar-refractivity contribution in [1.82, 2.24) is 24.3 Å². The van der Waals surface area contributed by atoms with Crippen molar-refractivity contribution in [3.05, 3.63) is 109 Å². The number of carbonyl (C=O) groups excluding carboxylic acids is 2. The van der Waals surface area contributed by atoms with Crippen molar-refractivity contribution in [3.8, 4) is 40.3 Å². The van der Waals surface area contributed by atoms with Crippen molar-refractivity contribution >= 4 is 77.5 Å². The number of aryl methyl sites for hydroxylation is 1.